The van der Waals surface area contributed by atoms with Gasteiger partial charge in [-0.1, -0.05) is 30.3 Å². The van der Waals surface area contributed by atoms with Crippen molar-refractivity contribution in [2.45, 2.75) is 50.8 Å². The maximum atomic E-state index is 13.7. The first-order valence-electron chi connectivity index (χ1n) is 13.0. The van der Waals surface area contributed by atoms with Crippen molar-refractivity contribution in [2.24, 2.45) is 5.92 Å². The lowest BCUT2D eigenvalue weighted by Gasteiger charge is -2.30. The summed E-state index contributed by atoms with van der Waals surface area (Å²) in [6.07, 6.45) is 5.64. The second kappa shape index (κ2) is 9.35. The summed E-state index contributed by atoms with van der Waals surface area (Å²) in [4.78, 5) is 46.9. The van der Waals surface area contributed by atoms with Crippen LogP contribution in [-0.2, 0) is 32.9 Å². The zero-order chi connectivity index (χ0) is 26.4. The molecule has 38 heavy (non-hydrogen) atoms. The van der Waals surface area contributed by atoms with Crippen LogP contribution in [0.15, 0.2) is 67.0 Å². The summed E-state index contributed by atoms with van der Waals surface area (Å²) < 4.78 is 19.2. The first kappa shape index (κ1) is 24.3. The molecule has 3 aliphatic rings. The van der Waals surface area contributed by atoms with E-state index in [1.165, 1.54) is 12.1 Å². The molecule has 6 rings (SSSR count). The van der Waals surface area contributed by atoms with E-state index in [2.05, 4.69) is 4.98 Å². The van der Waals surface area contributed by atoms with Gasteiger partial charge >= 0.3 is 6.09 Å². The quantitative estimate of drug-likeness (QED) is 0.452. The molecule has 0 N–H and O–H groups in total. The van der Waals surface area contributed by atoms with E-state index < -0.39 is 17.6 Å². The van der Waals surface area contributed by atoms with E-state index >= 15 is 0 Å². The van der Waals surface area contributed by atoms with Gasteiger partial charge in [0.2, 0.25) is 11.5 Å². The van der Waals surface area contributed by atoms with Crippen LogP contribution < -0.4 is 0 Å². The van der Waals surface area contributed by atoms with Crippen molar-refractivity contribution in [3.05, 3.63) is 89.5 Å². The fraction of sp³-hybridized carbons (Fsp3) is 0.333. The number of carbonyl (C=O) groups is 3. The Morgan fingerprint density at radius 1 is 1.11 bits per heavy atom. The molecule has 1 aliphatic heterocycles. The molecule has 0 radical (unpaired) electrons. The van der Waals surface area contributed by atoms with E-state index in [1.54, 1.807) is 29.4 Å². The molecule has 3 amide bonds. The van der Waals surface area contributed by atoms with Gasteiger partial charge in [-0.2, -0.15) is 0 Å². The molecule has 1 aromatic heterocycles. The van der Waals surface area contributed by atoms with Gasteiger partial charge in [0, 0.05) is 37.0 Å². The van der Waals surface area contributed by atoms with Gasteiger partial charge in [0.05, 0.1) is 0 Å². The van der Waals surface area contributed by atoms with Crippen molar-refractivity contribution < 1.29 is 23.5 Å². The molecule has 0 bridgehead atoms. The minimum absolute atomic E-state index is 0.0611. The number of pyridine rings is 1. The lowest BCUT2D eigenvalue weighted by Crippen LogP contribution is -2.47. The third kappa shape index (κ3) is 4.23. The van der Waals surface area contributed by atoms with Gasteiger partial charge in [-0.15, -0.1) is 0 Å². The van der Waals surface area contributed by atoms with Crippen molar-refractivity contribution in [1.29, 1.82) is 0 Å². The molecule has 0 unspecified atom stereocenters. The summed E-state index contributed by atoms with van der Waals surface area (Å²) in [5.41, 5.74) is 3.03. The number of hydrogen-bond donors (Lipinski definition) is 0. The normalized spacial score (nSPS) is 20.9. The van der Waals surface area contributed by atoms with Gasteiger partial charge in [-0.25, -0.2) is 14.1 Å². The summed E-state index contributed by atoms with van der Waals surface area (Å²) in [6, 6.07) is 15.6. The maximum absolute atomic E-state index is 13.7. The Hall–Kier alpha value is -4.07. The molecule has 2 aromatic carbocycles. The molecule has 2 atom stereocenters. The standard InChI is InChI=1S/C30H28FN3O4/c1-19(21-4-5-21)33(17-20-2-7-25(31)8-3-20)27(35)18-34-28(36)30(38-29(34)37)13-10-24-16-23(6-9-26(24)30)22-11-14-32-15-12-22/h2-3,6-9,11-12,14-16,19,21H,4-5,10,13,17-18H2,1H3/t19-,30+/m0/s1. The Morgan fingerprint density at radius 3 is 2.55 bits per heavy atom. The number of aryl methyl sites for hydroxylation is 1. The van der Waals surface area contributed by atoms with Crippen LogP contribution in [-0.4, -0.2) is 45.3 Å². The van der Waals surface area contributed by atoms with Crippen LogP contribution in [0.1, 0.15) is 42.9 Å². The highest BCUT2D eigenvalue weighted by molar-refractivity contribution is 6.06. The van der Waals surface area contributed by atoms with Crippen LogP contribution in [0.2, 0.25) is 0 Å². The average molecular weight is 514 g/mol. The fourth-order valence-corrected chi connectivity index (χ4v) is 5.68. The van der Waals surface area contributed by atoms with Gasteiger partial charge in [-0.05, 0) is 78.6 Å². The molecule has 8 heteroatoms. The SMILES string of the molecule is C[C@@H](C1CC1)N(Cc1ccc(F)cc1)C(=O)CN1C(=O)O[C@@]2(CCc3cc(-c4ccncc4)ccc32)C1=O. The van der Waals surface area contributed by atoms with E-state index in [-0.39, 0.29) is 30.9 Å². The van der Waals surface area contributed by atoms with E-state index in [1.807, 2.05) is 37.3 Å². The van der Waals surface area contributed by atoms with Crippen molar-refractivity contribution >= 4 is 17.9 Å². The molecular weight excluding hydrogens is 485 g/mol. The first-order valence-corrected chi connectivity index (χ1v) is 13.0. The largest absolute Gasteiger partial charge is 0.427 e. The molecule has 7 nitrogen and oxygen atoms in total. The van der Waals surface area contributed by atoms with E-state index in [0.717, 1.165) is 40.0 Å². The number of rotatable bonds is 7. The van der Waals surface area contributed by atoms with Crippen LogP contribution in [0.3, 0.4) is 0 Å². The zero-order valence-corrected chi connectivity index (χ0v) is 21.1. The monoisotopic (exact) mass is 513 g/mol. The lowest BCUT2D eigenvalue weighted by atomic mass is 9.93. The molecule has 1 saturated heterocycles. The summed E-state index contributed by atoms with van der Waals surface area (Å²) >= 11 is 0. The number of amides is 3. The Bertz CT molecular complexity index is 1410. The molecule has 2 fully saturated rings. The summed E-state index contributed by atoms with van der Waals surface area (Å²) in [5.74, 6) is -0.792. The Labute approximate surface area is 220 Å². The first-order chi connectivity index (χ1) is 18.4. The topological polar surface area (TPSA) is 79.8 Å². The zero-order valence-electron chi connectivity index (χ0n) is 21.1. The van der Waals surface area contributed by atoms with Crippen molar-refractivity contribution in [1.82, 2.24) is 14.8 Å². The minimum atomic E-state index is -1.40. The summed E-state index contributed by atoms with van der Waals surface area (Å²) in [5, 5.41) is 0. The second-order valence-corrected chi connectivity index (χ2v) is 10.4. The van der Waals surface area contributed by atoms with Crippen LogP contribution in [0.4, 0.5) is 9.18 Å². The third-order valence-corrected chi connectivity index (χ3v) is 8.05. The third-order valence-electron chi connectivity index (χ3n) is 8.05. The highest BCUT2D eigenvalue weighted by Crippen LogP contribution is 2.46. The number of hydrogen-bond acceptors (Lipinski definition) is 5. The fourth-order valence-electron chi connectivity index (χ4n) is 5.68. The number of fused-ring (bicyclic) bond motifs is 2. The lowest BCUT2D eigenvalue weighted by molar-refractivity contribution is -0.143. The highest BCUT2D eigenvalue weighted by atomic mass is 19.1. The van der Waals surface area contributed by atoms with Gasteiger partial charge in [0.15, 0.2) is 0 Å². The van der Waals surface area contributed by atoms with E-state index in [9.17, 15) is 18.8 Å². The molecule has 1 spiro atoms. The molecule has 1 saturated carbocycles. The van der Waals surface area contributed by atoms with Crippen molar-refractivity contribution in [3.8, 4) is 11.1 Å². The van der Waals surface area contributed by atoms with Crippen LogP contribution in [0, 0.1) is 11.7 Å². The number of ether oxygens (including phenoxy) is 1. The van der Waals surface area contributed by atoms with Crippen LogP contribution >= 0.6 is 0 Å². The van der Waals surface area contributed by atoms with Gasteiger partial charge in [-0.3, -0.25) is 14.6 Å². The number of aromatic nitrogens is 1. The molecular formula is C30H28FN3O4. The van der Waals surface area contributed by atoms with Gasteiger partial charge in [0.25, 0.3) is 5.91 Å². The summed E-state index contributed by atoms with van der Waals surface area (Å²) in [6.45, 7) is 1.88. The summed E-state index contributed by atoms with van der Waals surface area (Å²) in [7, 11) is 0. The van der Waals surface area contributed by atoms with Crippen molar-refractivity contribution in [3.63, 3.8) is 0 Å². The predicted molar refractivity (Wildman–Crippen MR) is 137 cm³/mol. The predicted octanol–water partition coefficient (Wildman–Crippen LogP) is 4.84. The molecule has 3 aromatic rings. The highest BCUT2D eigenvalue weighted by Gasteiger charge is 2.58. The minimum Gasteiger partial charge on any atom is -0.427 e. The number of nitrogens with zero attached hydrogens (tertiary/aromatic N) is 3. The van der Waals surface area contributed by atoms with Crippen molar-refractivity contribution in [2.75, 3.05) is 6.54 Å². The van der Waals surface area contributed by atoms with E-state index in [4.69, 9.17) is 4.74 Å². The molecule has 194 valence electrons. The van der Waals surface area contributed by atoms with Crippen LogP contribution in [0.5, 0.6) is 0 Å². The average Bonchev–Trinajstić information content (AvgIpc) is 3.68. The van der Waals surface area contributed by atoms with Gasteiger partial charge < -0.3 is 9.64 Å². The molecule has 2 heterocycles. The van der Waals surface area contributed by atoms with E-state index in [0.29, 0.717) is 24.3 Å². The molecule has 2 aliphatic carbocycles. The number of imide groups is 1. The Balaban J connectivity index is 1.23. The number of halogens is 1. The maximum Gasteiger partial charge on any atom is 0.418 e. The smallest absolute Gasteiger partial charge is 0.418 e. The Kier molecular flexibility index (Phi) is 5.97. The Morgan fingerprint density at radius 2 is 1.84 bits per heavy atom. The van der Waals surface area contributed by atoms with Gasteiger partial charge in [0.1, 0.15) is 12.4 Å². The van der Waals surface area contributed by atoms with Crippen LogP contribution in [0.25, 0.3) is 11.1 Å². The number of carbonyl (C=O) groups excluding carboxylic acids is 3. The second-order valence-electron chi connectivity index (χ2n) is 10.4. The number of benzene rings is 2.